The van der Waals surface area contributed by atoms with Crippen LogP contribution in [0, 0.1) is 0 Å². The van der Waals surface area contributed by atoms with E-state index >= 15 is 0 Å². The van der Waals surface area contributed by atoms with E-state index in [1.54, 1.807) is 6.20 Å². The number of ether oxygens (including phenoxy) is 2. The van der Waals surface area contributed by atoms with Gasteiger partial charge in [-0.05, 0) is 42.0 Å². The fourth-order valence-electron chi connectivity index (χ4n) is 3.21. The lowest BCUT2D eigenvalue weighted by Gasteiger charge is -2.10. The monoisotopic (exact) mass is 382 g/mol. The Hall–Kier alpha value is -3.86. The third-order valence-electron chi connectivity index (χ3n) is 4.67. The Balaban J connectivity index is 1.22. The zero-order valence-electron chi connectivity index (χ0n) is 15.6. The molecule has 0 saturated carbocycles. The minimum Gasteiger partial charge on any atom is -0.457 e. The second-order valence-electron chi connectivity index (χ2n) is 6.73. The van der Waals surface area contributed by atoms with Crippen molar-refractivity contribution in [2.45, 2.75) is 12.5 Å². The standard InChI is InChI=1S/C24H18N2O3/c1-2-7-19(8-3-1)27-20-12-10-17(11-13-20)23-15-24(26-29-23)28-21-14-18-6-4-5-9-22(18)25-16-21/h1-14,16,23H,15H2/t23-/m0/s1. The summed E-state index contributed by atoms with van der Waals surface area (Å²) in [7, 11) is 0. The van der Waals surface area contributed by atoms with E-state index in [0.717, 1.165) is 28.0 Å². The zero-order valence-corrected chi connectivity index (χ0v) is 15.6. The summed E-state index contributed by atoms with van der Waals surface area (Å²) in [4.78, 5) is 9.98. The molecule has 1 aliphatic heterocycles. The molecular weight excluding hydrogens is 364 g/mol. The van der Waals surface area contributed by atoms with Gasteiger partial charge in [0, 0.05) is 5.39 Å². The molecule has 0 fully saturated rings. The molecule has 1 aliphatic rings. The third-order valence-corrected chi connectivity index (χ3v) is 4.67. The van der Waals surface area contributed by atoms with E-state index in [0.29, 0.717) is 18.1 Å². The molecule has 2 heterocycles. The van der Waals surface area contributed by atoms with Crippen LogP contribution in [0.15, 0.2) is 96.3 Å². The van der Waals surface area contributed by atoms with Gasteiger partial charge in [-0.2, -0.15) is 0 Å². The number of rotatable bonds is 4. The normalized spacial score (nSPS) is 15.6. The number of hydrogen-bond donors (Lipinski definition) is 0. The summed E-state index contributed by atoms with van der Waals surface area (Å²) >= 11 is 0. The second kappa shape index (κ2) is 7.64. The maximum Gasteiger partial charge on any atom is 0.235 e. The molecule has 5 nitrogen and oxygen atoms in total. The molecule has 5 heteroatoms. The van der Waals surface area contributed by atoms with Crippen LogP contribution < -0.4 is 9.47 Å². The second-order valence-corrected chi connectivity index (χ2v) is 6.73. The van der Waals surface area contributed by atoms with Gasteiger partial charge < -0.3 is 14.3 Å². The SMILES string of the molecule is c1ccc(Oc2ccc([C@@H]3CC(Oc4cnc5ccccc5c4)=NO3)cc2)cc1. The van der Waals surface area contributed by atoms with Crippen molar-refractivity contribution in [3.63, 3.8) is 0 Å². The predicted octanol–water partition coefficient (Wildman–Crippen LogP) is 5.88. The Labute approximate surface area is 168 Å². The van der Waals surface area contributed by atoms with Crippen molar-refractivity contribution in [1.82, 2.24) is 4.98 Å². The number of benzene rings is 3. The molecule has 5 rings (SSSR count). The van der Waals surface area contributed by atoms with Crippen LogP contribution in [-0.2, 0) is 4.84 Å². The van der Waals surface area contributed by atoms with Crippen LogP contribution in [0.2, 0.25) is 0 Å². The highest BCUT2D eigenvalue weighted by Gasteiger charge is 2.24. The fraction of sp³-hybridized carbons (Fsp3) is 0.0833. The summed E-state index contributed by atoms with van der Waals surface area (Å²) in [6.45, 7) is 0. The minimum absolute atomic E-state index is 0.177. The van der Waals surface area contributed by atoms with Gasteiger partial charge in [0.25, 0.3) is 0 Å². The van der Waals surface area contributed by atoms with E-state index in [1.807, 2.05) is 84.9 Å². The first kappa shape index (κ1) is 17.3. The number of nitrogens with zero attached hydrogens (tertiary/aromatic N) is 2. The largest absolute Gasteiger partial charge is 0.457 e. The molecular formula is C24H18N2O3. The molecule has 0 aliphatic carbocycles. The molecule has 0 radical (unpaired) electrons. The van der Waals surface area contributed by atoms with E-state index in [-0.39, 0.29) is 6.10 Å². The summed E-state index contributed by atoms with van der Waals surface area (Å²) in [5.41, 5.74) is 1.95. The van der Waals surface area contributed by atoms with E-state index in [4.69, 9.17) is 14.3 Å². The lowest BCUT2D eigenvalue weighted by molar-refractivity contribution is 0.0855. The van der Waals surface area contributed by atoms with Gasteiger partial charge in [0.15, 0.2) is 6.10 Å². The molecule has 4 aromatic rings. The Morgan fingerprint density at radius 3 is 2.38 bits per heavy atom. The maximum absolute atomic E-state index is 5.88. The van der Waals surface area contributed by atoms with Crippen LogP contribution in [0.1, 0.15) is 18.1 Å². The van der Waals surface area contributed by atoms with Gasteiger partial charge in [0.1, 0.15) is 17.2 Å². The maximum atomic E-state index is 5.88. The molecule has 142 valence electrons. The lowest BCUT2D eigenvalue weighted by atomic mass is 10.1. The van der Waals surface area contributed by atoms with E-state index < -0.39 is 0 Å². The van der Waals surface area contributed by atoms with E-state index in [9.17, 15) is 0 Å². The summed E-state index contributed by atoms with van der Waals surface area (Å²) < 4.78 is 11.7. The van der Waals surface area contributed by atoms with Crippen molar-refractivity contribution < 1.29 is 14.3 Å². The molecule has 0 unspecified atom stereocenters. The summed E-state index contributed by atoms with van der Waals surface area (Å²) in [5, 5.41) is 5.12. The van der Waals surface area contributed by atoms with Gasteiger partial charge >= 0.3 is 0 Å². The van der Waals surface area contributed by atoms with E-state index in [1.165, 1.54) is 0 Å². The van der Waals surface area contributed by atoms with Crippen LogP contribution in [0.5, 0.6) is 17.2 Å². The van der Waals surface area contributed by atoms with Gasteiger partial charge in [0.05, 0.1) is 18.1 Å². The summed E-state index contributed by atoms with van der Waals surface area (Å²) in [6.07, 6.45) is 2.09. The van der Waals surface area contributed by atoms with Crippen LogP contribution in [0.3, 0.4) is 0 Å². The number of pyridine rings is 1. The molecule has 0 N–H and O–H groups in total. The molecule has 29 heavy (non-hydrogen) atoms. The summed E-state index contributed by atoms with van der Waals surface area (Å²) in [5.74, 6) is 2.77. The van der Waals surface area contributed by atoms with Gasteiger partial charge in [-0.15, -0.1) is 0 Å². The highest BCUT2D eigenvalue weighted by Crippen LogP contribution is 2.31. The van der Waals surface area contributed by atoms with Crippen LogP contribution in [-0.4, -0.2) is 10.9 Å². The summed E-state index contributed by atoms with van der Waals surface area (Å²) in [6, 6.07) is 27.4. The van der Waals surface area contributed by atoms with Crippen molar-refractivity contribution >= 4 is 16.8 Å². The highest BCUT2D eigenvalue weighted by atomic mass is 16.7. The Kier molecular flexibility index (Phi) is 4.54. The first-order valence-electron chi connectivity index (χ1n) is 9.42. The van der Waals surface area contributed by atoms with Crippen molar-refractivity contribution in [2.75, 3.05) is 0 Å². The fourth-order valence-corrected chi connectivity index (χ4v) is 3.21. The van der Waals surface area contributed by atoms with Crippen molar-refractivity contribution in [1.29, 1.82) is 0 Å². The molecule has 3 aromatic carbocycles. The molecule has 1 atom stereocenters. The number of oxime groups is 1. The van der Waals surface area contributed by atoms with Gasteiger partial charge in [-0.25, -0.2) is 0 Å². The number of fused-ring (bicyclic) bond motifs is 1. The molecule has 0 spiro atoms. The Morgan fingerprint density at radius 1 is 0.759 bits per heavy atom. The van der Waals surface area contributed by atoms with Gasteiger partial charge in [-0.3, -0.25) is 4.98 Å². The van der Waals surface area contributed by atoms with Crippen molar-refractivity contribution in [3.8, 4) is 17.2 Å². The first-order chi connectivity index (χ1) is 14.3. The zero-order chi connectivity index (χ0) is 19.5. The van der Waals surface area contributed by atoms with Gasteiger partial charge in [-0.1, -0.05) is 53.7 Å². The number of para-hydroxylation sites is 2. The highest BCUT2D eigenvalue weighted by molar-refractivity contribution is 5.83. The quantitative estimate of drug-likeness (QED) is 0.442. The molecule has 0 bridgehead atoms. The van der Waals surface area contributed by atoms with Crippen LogP contribution >= 0.6 is 0 Å². The average Bonchev–Trinajstić information content (AvgIpc) is 3.23. The average molecular weight is 382 g/mol. The molecule has 0 amide bonds. The van der Waals surface area contributed by atoms with Crippen molar-refractivity contribution in [3.05, 3.63) is 96.7 Å². The molecule has 1 aromatic heterocycles. The minimum atomic E-state index is -0.177. The number of aromatic nitrogens is 1. The van der Waals surface area contributed by atoms with Crippen LogP contribution in [0.4, 0.5) is 0 Å². The predicted molar refractivity (Wildman–Crippen MR) is 111 cm³/mol. The number of hydrogen-bond acceptors (Lipinski definition) is 5. The van der Waals surface area contributed by atoms with E-state index in [2.05, 4.69) is 10.1 Å². The lowest BCUT2D eigenvalue weighted by Crippen LogP contribution is -2.07. The van der Waals surface area contributed by atoms with Gasteiger partial charge in [0.2, 0.25) is 5.90 Å². The molecule has 0 saturated heterocycles. The van der Waals surface area contributed by atoms with Crippen LogP contribution in [0.25, 0.3) is 10.9 Å². The first-order valence-corrected chi connectivity index (χ1v) is 9.42. The Bertz CT molecular complexity index is 1160. The third kappa shape index (κ3) is 3.89. The van der Waals surface area contributed by atoms with Crippen molar-refractivity contribution in [2.24, 2.45) is 5.16 Å². The smallest absolute Gasteiger partial charge is 0.235 e. The Morgan fingerprint density at radius 2 is 1.52 bits per heavy atom. The topological polar surface area (TPSA) is 52.9 Å².